The van der Waals surface area contributed by atoms with Gasteiger partial charge in [0.15, 0.2) is 11.4 Å². The number of esters is 1. The number of aliphatic hydroxyl groups is 1. The molecule has 1 N–H and O–H groups in total. The summed E-state index contributed by atoms with van der Waals surface area (Å²) >= 11 is 0. The summed E-state index contributed by atoms with van der Waals surface area (Å²) in [5.41, 5.74) is -0.730. The maximum atomic E-state index is 13.2. The van der Waals surface area contributed by atoms with Crippen LogP contribution in [-0.2, 0) is 14.3 Å². The van der Waals surface area contributed by atoms with Gasteiger partial charge in [-0.15, -0.1) is 0 Å². The van der Waals surface area contributed by atoms with Crippen molar-refractivity contribution >= 4 is 11.8 Å². The van der Waals surface area contributed by atoms with Gasteiger partial charge in [0, 0.05) is 24.7 Å². The van der Waals surface area contributed by atoms with Crippen molar-refractivity contribution in [2.45, 2.75) is 78.4 Å². The van der Waals surface area contributed by atoms with Crippen LogP contribution in [0.15, 0.2) is 11.6 Å². The van der Waals surface area contributed by atoms with Crippen LogP contribution in [-0.4, -0.2) is 28.6 Å². The van der Waals surface area contributed by atoms with Crippen molar-refractivity contribution < 1.29 is 19.4 Å². The average Bonchev–Trinajstić information content (AvgIpc) is 2.49. The van der Waals surface area contributed by atoms with Gasteiger partial charge in [0.05, 0.1) is 6.10 Å². The lowest BCUT2D eigenvalue weighted by atomic mass is 9.46. The van der Waals surface area contributed by atoms with Crippen LogP contribution in [0.2, 0.25) is 0 Å². The van der Waals surface area contributed by atoms with Gasteiger partial charge < -0.3 is 9.84 Å². The fourth-order valence-corrected chi connectivity index (χ4v) is 5.41. The number of aliphatic hydroxyl groups excluding tert-OH is 1. The molecule has 3 rings (SSSR count). The molecule has 1 aliphatic heterocycles. The zero-order chi connectivity index (χ0) is 17.9. The first-order valence-corrected chi connectivity index (χ1v) is 9.17. The van der Waals surface area contributed by atoms with Crippen LogP contribution in [0.1, 0.15) is 66.7 Å². The SMILES string of the molecule is CC(C)C1=CCC2(OC(=O)CC3C(C)(C)[C@@H](O)CC[C@@]32C)C(=O)C1. The van der Waals surface area contributed by atoms with Crippen molar-refractivity contribution in [1.29, 1.82) is 0 Å². The molecule has 0 aromatic heterocycles. The second-order valence-corrected chi connectivity index (χ2v) is 9.09. The Bertz CT molecular complexity index is 603. The van der Waals surface area contributed by atoms with Gasteiger partial charge in [0.25, 0.3) is 0 Å². The molecule has 1 heterocycles. The zero-order valence-corrected chi connectivity index (χ0v) is 15.5. The van der Waals surface area contributed by atoms with E-state index in [0.717, 1.165) is 5.57 Å². The van der Waals surface area contributed by atoms with Crippen molar-refractivity contribution in [3.8, 4) is 0 Å². The highest BCUT2D eigenvalue weighted by Crippen LogP contribution is 2.62. The Morgan fingerprint density at radius 3 is 2.50 bits per heavy atom. The molecule has 2 unspecified atom stereocenters. The average molecular weight is 334 g/mol. The number of carbonyl (C=O) groups is 2. The van der Waals surface area contributed by atoms with Crippen LogP contribution in [0.3, 0.4) is 0 Å². The Hall–Kier alpha value is -1.16. The van der Waals surface area contributed by atoms with Gasteiger partial charge in [0.2, 0.25) is 0 Å². The van der Waals surface area contributed by atoms with Gasteiger partial charge in [-0.3, -0.25) is 9.59 Å². The van der Waals surface area contributed by atoms with Gasteiger partial charge in [-0.05, 0) is 30.1 Å². The largest absolute Gasteiger partial charge is 0.450 e. The van der Waals surface area contributed by atoms with Crippen molar-refractivity contribution in [2.75, 3.05) is 0 Å². The van der Waals surface area contributed by atoms with Crippen LogP contribution < -0.4 is 0 Å². The summed E-state index contributed by atoms with van der Waals surface area (Å²) in [6.45, 7) is 10.3. The van der Waals surface area contributed by atoms with Gasteiger partial charge in [-0.25, -0.2) is 0 Å². The second-order valence-electron chi connectivity index (χ2n) is 9.09. The first-order chi connectivity index (χ1) is 11.0. The number of ketones is 1. The summed E-state index contributed by atoms with van der Waals surface area (Å²) in [6.07, 6.45) is 4.17. The Balaban J connectivity index is 2.08. The van der Waals surface area contributed by atoms with Crippen LogP contribution in [0.25, 0.3) is 0 Å². The summed E-state index contributed by atoms with van der Waals surface area (Å²) in [5.74, 6) is 0.0302. The highest BCUT2D eigenvalue weighted by atomic mass is 16.6. The van der Waals surface area contributed by atoms with Crippen molar-refractivity contribution in [3.05, 3.63) is 11.6 Å². The Morgan fingerprint density at radius 2 is 1.92 bits per heavy atom. The van der Waals surface area contributed by atoms with E-state index in [1.54, 1.807) is 0 Å². The number of hydrogen-bond acceptors (Lipinski definition) is 4. The molecule has 24 heavy (non-hydrogen) atoms. The van der Waals surface area contributed by atoms with E-state index >= 15 is 0 Å². The molecule has 0 radical (unpaired) electrons. The highest BCUT2D eigenvalue weighted by Gasteiger charge is 2.67. The zero-order valence-electron chi connectivity index (χ0n) is 15.5. The third-order valence-corrected chi connectivity index (χ3v) is 7.25. The molecule has 1 saturated heterocycles. The Kier molecular flexibility index (Phi) is 3.99. The normalized spacial score (nSPS) is 41.9. The first-order valence-electron chi connectivity index (χ1n) is 9.17. The number of carbonyl (C=O) groups excluding carboxylic acids is 2. The van der Waals surface area contributed by atoms with E-state index in [1.807, 2.05) is 13.8 Å². The fourth-order valence-electron chi connectivity index (χ4n) is 5.41. The molecule has 2 fully saturated rings. The summed E-state index contributed by atoms with van der Waals surface area (Å²) in [6, 6.07) is 0. The van der Waals surface area contributed by atoms with Gasteiger partial charge in [0.1, 0.15) is 0 Å². The Morgan fingerprint density at radius 1 is 1.25 bits per heavy atom. The number of ether oxygens (including phenoxy) is 1. The number of Topliss-reactive ketones (excluding diaryl/α,β-unsaturated/α-hetero) is 1. The van der Waals surface area contributed by atoms with E-state index in [2.05, 4.69) is 26.8 Å². The number of allylic oxidation sites excluding steroid dienone is 1. The minimum Gasteiger partial charge on any atom is -0.450 e. The van der Waals surface area contributed by atoms with E-state index in [4.69, 9.17) is 4.74 Å². The monoisotopic (exact) mass is 334 g/mol. The minimum absolute atomic E-state index is 0.0430. The van der Waals surface area contributed by atoms with E-state index < -0.39 is 22.5 Å². The molecule has 4 nitrogen and oxygen atoms in total. The summed E-state index contributed by atoms with van der Waals surface area (Å²) < 4.78 is 5.84. The lowest BCUT2D eigenvalue weighted by molar-refractivity contribution is -0.234. The number of rotatable bonds is 1. The standard InChI is InChI=1S/C20H30O4/c1-12(2)13-6-9-20(16(22)10-13)19(5)8-7-15(21)18(3,4)14(19)11-17(23)24-20/h6,12,14-15,21H,7-11H2,1-5H3/t14?,15-,19-,20?/m0/s1. The highest BCUT2D eigenvalue weighted by molar-refractivity contribution is 5.94. The maximum absolute atomic E-state index is 13.2. The molecule has 1 spiro atoms. The third kappa shape index (κ3) is 2.22. The molecule has 3 aliphatic rings. The van der Waals surface area contributed by atoms with E-state index in [-0.39, 0.29) is 24.1 Å². The second kappa shape index (κ2) is 5.42. The molecule has 0 aromatic rings. The van der Waals surface area contributed by atoms with Crippen molar-refractivity contribution in [2.24, 2.45) is 22.7 Å². The molecule has 4 heteroatoms. The number of fused-ring (bicyclic) bond motifs is 2. The lowest BCUT2D eigenvalue weighted by Gasteiger charge is -2.62. The van der Waals surface area contributed by atoms with Crippen LogP contribution in [0, 0.1) is 22.7 Å². The Labute approximate surface area is 144 Å². The van der Waals surface area contributed by atoms with Crippen LogP contribution >= 0.6 is 0 Å². The molecule has 0 aromatic carbocycles. The molecule has 134 valence electrons. The molecular formula is C20H30O4. The fraction of sp³-hybridized carbons (Fsp3) is 0.800. The summed E-state index contributed by atoms with van der Waals surface area (Å²) in [5, 5.41) is 10.5. The molecule has 1 saturated carbocycles. The topological polar surface area (TPSA) is 63.6 Å². The molecular weight excluding hydrogens is 304 g/mol. The maximum Gasteiger partial charge on any atom is 0.307 e. The van der Waals surface area contributed by atoms with Gasteiger partial charge in [-0.2, -0.15) is 0 Å². The lowest BCUT2D eigenvalue weighted by Crippen LogP contribution is -2.68. The minimum atomic E-state index is -1.05. The summed E-state index contributed by atoms with van der Waals surface area (Å²) in [4.78, 5) is 25.6. The van der Waals surface area contributed by atoms with E-state index in [1.165, 1.54) is 0 Å². The smallest absolute Gasteiger partial charge is 0.307 e. The third-order valence-electron chi connectivity index (χ3n) is 7.25. The molecule has 4 atom stereocenters. The predicted octanol–water partition coefficient (Wildman–Crippen LogP) is 3.42. The summed E-state index contributed by atoms with van der Waals surface area (Å²) in [7, 11) is 0. The van der Waals surface area contributed by atoms with E-state index in [0.29, 0.717) is 31.6 Å². The van der Waals surface area contributed by atoms with Crippen LogP contribution in [0.4, 0.5) is 0 Å². The molecule has 2 aliphatic carbocycles. The molecule has 0 amide bonds. The van der Waals surface area contributed by atoms with E-state index in [9.17, 15) is 14.7 Å². The van der Waals surface area contributed by atoms with Crippen molar-refractivity contribution in [3.63, 3.8) is 0 Å². The van der Waals surface area contributed by atoms with Crippen LogP contribution in [0.5, 0.6) is 0 Å². The van der Waals surface area contributed by atoms with Gasteiger partial charge >= 0.3 is 5.97 Å². The first kappa shape index (κ1) is 17.7. The van der Waals surface area contributed by atoms with Crippen molar-refractivity contribution in [1.82, 2.24) is 0 Å². The predicted molar refractivity (Wildman–Crippen MR) is 91.2 cm³/mol. The molecule has 0 bridgehead atoms. The number of hydrogen-bond donors (Lipinski definition) is 1. The van der Waals surface area contributed by atoms with Gasteiger partial charge in [-0.1, -0.05) is 46.3 Å². The quantitative estimate of drug-likeness (QED) is 0.589.